The summed E-state index contributed by atoms with van der Waals surface area (Å²) in [5, 5.41) is 0.668. The molecule has 1 aromatic heterocycles. The third-order valence-corrected chi connectivity index (χ3v) is 3.61. The van der Waals surface area contributed by atoms with E-state index in [1.165, 1.54) is 0 Å². The molecule has 0 aliphatic carbocycles. The van der Waals surface area contributed by atoms with Gasteiger partial charge in [-0.3, -0.25) is 9.36 Å². The molecule has 0 saturated carbocycles. The fourth-order valence-corrected chi connectivity index (χ4v) is 2.52. The minimum atomic E-state index is 0.0119. The Labute approximate surface area is 123 Å². The summed E-state index contributed by atoms with van der Waals surface area (Å²) in [6.07, 6.45) is 2.92. The monoisotopic (exact) mass is 278 g/mol. The second kappa shape index (κ2) is 5.92. The van der Waals surface area contributed by atoms with Gasteiger partial charge in [-0.05, 0) is 30.7 Å². The largest absolute Gasteiger partial charge is 0.268 e. The van der Waals surface area contributed by atoms with Crippen LogP contribution in [0.4, 0.5) is 0 Å². The maximum Gasteiger partial charge on any atom is 0.265 e. The number of unbranched alkanes of at least 4 members (excludes halogenated alkanes) is 1. The zero-order valence-electron chi connectivity index (χ0n) is 12.1. The fraction of sp³-hybridized carbons (Fsp3) is 0.222. The van der Waals surface area contributed by atoms with Gasteiger partial charge in [-0.1, -0.05) is 43.7 Å². The second-order valence-electron chi connectivity index (χ2n) is 5.12. The van der Waals surface area contributed by atoms with Crippen LogP contribution in [0.3, 0.4) is 0 Å². The van der Waals surface area contributed by atoms with Gasteiger partial charge in [0.1, 0.15) is 5.82 Å². The summed E-state index contributed by atoms with van der Waals surface area (Å²) in [7, 11) is 0. The lowest BCUT2D eigenvalue weighted by atomic mass is 10.2. The van der Waals surface area contributed by atoms with E-state index in [0.29, 0.717) is 5.39 Å². The molecular formula is C18H18N2O. The lowest BCUT2D eigenvalue weighted by Gasteiger charge is -2.13. The molecule has 0 N–H and O–H groups in total. The molecule has 1 heterocycles. The molecule has 0 spiro atoms. The van der Waals surface area contributed by atoms with E-state index in [0.717, 1.165) is 36.3 Å². The number of nitrogens with zero attached hydrogens (tertiary/aromatic N) is 2. The van der Waals surface area contributed by atoms with E-state index in [9.17, 15) is 4.79 Å². The van der Waals surface area contributed by atoms with Crippen molar-refractivity contribution in [3.63, 3.8) is 0 Å². The standard InChI is InChI=1S/C18H18N2O/c1-2-3-13-17-19-16-12-8-7-11-15(16)18(21)20(17)14-9-5-4-6-10-14/h4-12H,2-3,13H2,1H3. The molecule has 2 aromatic carbocycles. The number of fused-ring (bicyclic) bond motifs is 1. The number of rotatable bonds is 4. The summed E-state index contributed by atoms with van der Waals surface area (Å²) in [4.78, 5) is 17.5. The van der Waals surface area contributed by atoms with Gasteiger partial charge in [-0.15, -0.1) is 0 Å². The average Bonchev–Trinajstić information content (AvgIpc) is 2.54. The summed E-state index contributed by atoms with van der Waals surface area (Å²) in [5.74, 6) is 0.840. The Morgan fingerprint density at radius 1 is 1.00 bits per heavy atom. The van der Waals surface area contributed by atoms with E-state index in [1.807, 2.05) is 54.6 Å². The summed E-state index contributed by atoms with van der Waals surface area (Å²) < 4.78 is 1.75. The maximum atomic E-state index is 12.8. The van der Waals surface area contributed by atoms with Gasteiger partial charge in [-0.2, -0.15) is 0 Å². The molecule has 0 amide bonds. The molecule has 3 heteroatoms. The number of para-hydroxylation sites is 2. The van der Waals surface area contributed by atoms with Crippen LogP contribution in [0.2, 0.25) is 0 Å². The van der Waals surface area contributed by atoms with Crippen molar-refractivity contribution in [3.8, 4) is 5.69 Å². The fourth-order valence-electron chi connectivity index (χ4n) is 2.52. The van der Waals surface area contributed by atoms with Gasteiger partial charge in [0.25, 0.3) is 5.56 Å². The van der Waals surface area contributed by atoms with Crippen molar-refractivity contribution in [1.29, 1.82) is 0 Å². The quantitative estimate of drug-likeness (QED) is 0.729. The molecule has 0 fully saturated rings. The lowest BCUT2D eigenvalue weighted by Crippen LogP contribution is -2.23. The topological polar surface area (TPSA) is 34.9 Å². The number of hydrogen-bond donors (Lipinski definition) is 0. The van der Waals surface area contributed by atoms with E-state index in [2.05, 4.69) is 6.92 Å². The number of aryl methyl sites for hydroxylation is 1. The molecule has 0 aliphatic heterocycles. The SMILES string of the molecule is CCCCc1nc2ccccc2c(=O)n1-c1ccccc1. The van der Waals surface area contributed by atoms with Crippen molar-refractivity contribution in [2.24, 2.45) is 0 Å². The van der Waals surface area contributed by atoms with Crippen molar-refractivity contribution < 1.29 is 0 Å². The molecule has 0 atom stereocenters. The molecule has 21 heavy (non-hydrogen) atoms. The second-order valence-corrected chi connectivity index (χ2v) is 5.12. The van der Waals surface area contributed by atoms with Gasteiger partial charge >= 0.3 is 0 Å². The smallest absolute Gasteiger partial charge is 0.265 e. The zero-order chi connectivity index (χ0) is 14.7. The van der Waals surface area contributed by atoms with Crippen molar-refractivity contribution >= 4 is 10.9 Å². The predicted molar refractivity (Wildman–Crippen MR) is 86.0 cm³/mol. The van der Waals surface area contributed by atoms with Gasteiger partial charge < -0.3 is 0 Å². The molecule has 0 radical (unpaired) electrons. The van der Waals surface area contributed by atoms with Crippen LogP contribution in [0.25, 0.3) is 16.6 Å². The van der Waals surface area contributed by atoms with Crippen LogP contribution >= 0.6 is 0 Å². The summed E-state index contributed by atoms with van der Waals surface area (Å²) in [6.45, 7) is 2.14. The van der Waals surface area contributed by atoms with Crippen molar-refractivity contribution in [2.75, 3.05) is 0 Å². The first-order valence-electron chi connectivity index (χ1n) is 7.37. The summed E-state index contributed by atoms with van der Waals surface area (Å²) in [6, 6.07) is 17.3. The first-order chi connectivity index (χ1) is 10.3. The predicted octanol–water partition coefficient (Wildman–Crippen LogP) is 3.73. The highest BCUT2D eigenvalue weighted by molar-refractivity contribution is 5.77. The van der Waals surface area contributed by atoms with E-state index >= 15 is 0 Å². The van der Waals surface area contributed by atoms with Crippen molar-refractivity contribution in [2.45, 2.75) is 26.2 Å². The Kier molecular flexibility index (Phi) is 3.82. The minimum Gasteiger partial charge on any atom is -0.268 e. The van der Waals surface area contributed by atoms with Gasteiger partial charge in [0.15, 0.2) is 0 Å². The van der Waals surface area contributed by atoms with Gasteiger partial charge in [0.2, 0.25) is 0 Å². The van der Waals surface area contributed by atoms with E-state index < -0.39 is 0 Å². The van der Waals surface area contributed by atoms with Gasteiger partial charge in [0.05, 0.1) is 16.6 Å². The number of aromatic nitrogens is 2. The average molecular weight is 278 g/mol. The Bertz CT molecular complexity index is 806. The van der Waals surface area contributed by atoms with Crippen LogP contribution in [0, 0.1) is 0 Å². The first kappa shape index (κ1) is 13.6. The van der Waals surface area contributed by atoms with Gasteiger partial charge in [-0.25, -0.2) is 4.98 Å². The minimum absolute atomic E-state index is 0.0119. The molecular weight excluding hydrogens is 260 g/mol. The Hall–Kier alpha value is -2.42. The van der Waals surface area contributed by atoms with E-state index in [-0.39, 0.29) is 5.56 Å². The molecule has 0 unspecified atom stereocenters. The highest BCUT2D eigenvalue weighted by Crippen LogP contribution is 2.14. The normalized spacial score (nSPS) is 10.9. The Balaban J connectivity index is 2.29. The summed E-state index contributed by atoms with van der Waals surface area (Å²) in [5.41, 5.74) is 1.67. The molecule has 3 aromatic rings. The Morgan fingerprint density at radius 3 is 2.48 bits per heavy atom. The van der Waals surface area contributed by atoms with Crippen LogP contribution in [0.1, 0.15) is 25.6 Å². The van der Waals surface area contributed by atoms with E-state index in [4.69, 9.17) is 4.98 Å². The molecule has 0 saturated heterocycles. The lowest BCUT2D eigenvalue weighted by molar-refractivity contribution is 0.720. The Morgan fingerprint density at radius 2 is 1.71 bits per heavy atom. The third-order valence-electron chi connectivity index (χ3n) is 3.61. The maximum absolute atomic E-state index is 12.8. The zero-order valence-corrected chi connectivity index (χ0v) is 12.1. The first-order valence-corrected chi connectivity index (χ1v) is 7.37. The molecule has 3 nitrogen and oxygen atoms in total. The van der Waals surface area contributed by atoms with Crippen LogP contribution in [-0.4, -0.2) is 9.55 Å². The van der Waals surface area contributed by atoms with Crippen LogP contribution in [0.5, 0.6) is 0 Å². The molecule has 0 aliphatic rings. The number of hydrogen-bond acceptors (Lipinski definition) is 2. The van der Waals surface area contributed by atoms with Crippen LogP contribution in [-0.2, 0) is 6.42 Å². The van der Waals surface area contributed by atoms with Gasteiger partial charge in [0, 0.05) is 6.42 Å². The highest BCUT2D eigenvalue weighted by Gasteiger charge is 2.11. The van der Waals surface area contributed by atoms with Crippen molar-refractivity contribution in [3.05, 3.63) is 70.8 Å². The van der Waals surface area contributed by atoms with E-state index in [1.54, 1.807) is 4.57 Å². The van der Waals surface area contributed by atoms with Crippen LogP contribution in [0.15, 0.2) is 59.4 Å². The van der Waals surface area contributed by atoms with Crippen molar-refractivity contribution in [1.82, 2.24) is 9.55 Å². The third kappa shape index (κ3) is 2.59. The summed E-state index contributed by atoms with van der Waals surface area (Å²) >= 11 is 0. The highest BCUT2D eigenvalue weighted by atomic mass is 16.1. The molecule has 0 bridgehead atoms. The molecule has 106 valence electrons. The van der Waals surface area contributed by atoms with Crippen LogP contribution < -0.4 is 5.56 Å². The number of benzene rings is 2. The molecule has 3 rings (SSSR count).